The van der Waals surface area contributed by atoms with Crippen molar-refractivity contribution in [2.45, 2.75) is 44.9 Å². The minimum Gasteiger partial charge on any atom is -0.494 e. The Labute approximate surface area is 221 Å². The highest BCUT2D eigenvalue weighted by molar-refractivity contribution is 8.05. The van der Waals surface area contributed by atoms with Gasteiger partial charge in [0.2, 0.25) is 5.91 Å². The highest BCUT2D eigenvalue weighted by Gasteiger charge is 2.40. The molecule has 1 aliphatic heterocycles. The van der Waals surface area contributed by atoms with Crippen LogP contribution in [0.4, 0.5) is 5.69 Å². The zero-order valence-electron chi connectivity index (χ0n) is 21.1. The van der Waals surface area contributed by atoms with E-state index in [2.05, 4.69) is 31.3 Å². The maximum atomic E-state index is 13.7. The smallest absolute Gasteiger partial charge is 0.265 e. The number of nitrogens with zero attached hydrogens (tertiary/aromatic N) is 2. The van der Waals surface area contributed by atoms with Gasteiger partial charge in [-0.3, -0.25) is 14.5 Å². The summed E-state index contributed by atoms with van der Waals surface area (Å²) >= 11 is 1.24. The van der Waals surface area contributed by atoms with Gasteiger partial charge in [-0.1, -0.05) is 49.9 Å². The first-order chi connectivity index (χ1) is 17.9. The fourth-order valence-electron chi connectivity index (χ4n) is 4.00. The van der Waals surface area contributed by atoms with Crippen LogP contribution in [-0.2, 0) is 22.6 Å². The monoisotopic (exact) mass is 515 g/mol. The Bertz CT molecular complexity index is 1310. The van der Waals surface area contributed by atoms with E-state index in [0.717, 1.165) is 5.56 Å². The lowest BCUT2D eigenvalue weighted by molar-refractivity contribution is -0.117. The number of nitriles is 1. The topological polar surface area (TPSA) is 95.6 Å². The van der Waals surface area contributed by atoms with Crippen LogP contribution < -0.4 is 15.0 Å². The van der Waals surface area contributed by atoms with Gasteiger partial charge in [0.15, 0.2) is 0 Å². The number of amides is 2. The molecule has 1 unspecified atom stereocenters. The largest absolute Gasteiger partial charge is 0.494 e. The molecule has 1 aromatic heterocycles. The fourth-order valence-corrected chi connectivity index (χ4v) is 5.31. The molecule has 1 fully saturated rings. The van der Waals surface area contributed by atoms with Gasteiger partial charge in [0.1, 0.15) is 28.2 Å². The molecule has 1 atom stereocenters. The molecule has 0 radical (unpaired) electrons. The molecule has 190 valence electrons. The van der Waals surface area contributed by atoms with Crippen molar-refractivity contribution in [1.82, 2.24) is 5.32 Å². The first-order valence-electron chi connectivity index (χ1n) is 12.2. The standard InChI is InChI=1S/C29H29N3O4S/c1-4-35-23-13-11-22(12-14-23)32-28(34)26(16-20-7-9-21(10-8-20)19(2)3)37-29(32)25(17-30)27(33)31-18-24-6-5-15-36-24/h5-15,19,26H,4,16,18H2,1-3H3,(H,31,33)/b29-25-. The van der Waals surface area contributed by atoms with Crippen molar-refractivity contribution in [1.29, 1.82) is 5.26 Å². The van der Waals surface area contributed by atoms with Gasteiger partial charge in [-0.05, 0) is 66.8 Å². The number of ether oxygens (including phenoxy) is 1. The number of carbonyl (C=O) groups is 2. The highest BCUT2D eigenvalue weighted by Crippen LogP contribution is 2.42. The quantitative estimate of drug-likeness (QED) is 0.297. The lowest BCUT2D eigenvalue weighted by Crippen LogP contribution is -2.32. The molecule has 2 aromatic carbocycles. The highest BCUT2D eigenvalue weighted by atomic mass is 32.2. The number of anilines is 1. The maximum Gasteiger partial charge on any atom is 0.265 e. The van der Waals surface area contributed by atoms with Crippen molar-refractivity contribution in [3.8, 4) is 11.8 Å². The summed E-state index contributed by atoms with van der Waals surface area (Å²) in [5, 5.41) is 12.5. The van der Waals surface area contributed by atoms with Crippen LogP contribution in [0.1, 0.15) is 43.6 Å². The zero-order chi connectivity index (χ0) is 26.4. The van der Waals surface area contributed by atoms with E-state index in [9.17, 15) is 14.9 Å². The van der Waals surface area contributed by atoms with Crippen LogP contribution >= 0.6 is 11.8 Å². The molecule has 0 spiro atoms. The Morgan fingerprint density at radius 2 is 1.89 bits per heavy atom. The van der Waals surface area contributed by atoms with Crippen LogP contribution in [0.5, 0.6) is 5.75 Å². The van der Waals surface area contributed by atoms with Crippen LogP contribution in [0.25, 0.3) is 0 Å². The van der Waals surface area contributed by atoms with Crippen molar-refractivity contribution in [3.05, 3.63) is 94.4 Å². The molecule has 1 aliphatic rings. The number of furan rings is 1. The van der Waals surface area contributed by atoms with Gasteiger partial charge >= 0.3 is 0 Å². The molecule has 1 saturated heterocycles. The van der Waals surface area contributed by atoms with Crippen molar-refractivity contribution in [2.75, 3.05) is 11.5 Å². The van der Waals surface area contributed by atoms with Gasteiger partial charge in [0.25, 0.3) is 5.91 Å². The van der Waals surface area contributed by atoms with Gasteiger partial charge in [-0.25, -0.2) is 0 Å². The number of rotatable bonds is 9. The molecule has 2 heterocycles. The second-order valence-electron chi connectivity index (χ2n) is 8.86. The number of benzene rings is 2. The van der Waals surface area contributed by atoms with Gasteiger partial charge < -0.3 is 14.5 Å². The Morgan fingerprint density at radius 1 is 1.16 bits per heavy atom. The van der Waals surface area contributed by atoms with Crippen LogP contribution in [-0.4, -0.2) is 23.7 Å². The molecular weight excluding hydrogens is 486 g/mol. The summed E-state index contributed by atoms with van der Waals surface area (Å²) in [6, 6.07) is 20.8. The Kier molecular flexibility index (Phi) is 8.36. The summed E-state index contributed by atoms with van der Waals surface area (Å²) in [4.78, 5) is 28.2. The Morgan fingerprint density at radius 3 is 2.49 bits per heavy atom. The van der Waals surface area contributed by atoms with E-state index >= 15 is 0 Å². The van der Waals surface area contributed by atoms with Crippen molar-refractivity contribution >= 4 is 29.3 Å². The first-order valence-corrected chi connectivity index (χ1v) is 13.1. The van der Waals surface area contributed by atoms with Gasteiger partial charge in [0, 0.05) is 5.69 Å². The normalized spacial score (nSPS) is 16.6. The molecule has 0 bridgehead atoms. The predicted octanol–water partition coefficient (Wildman–Crippen LogP) is 5.54. The molecule has 3 aromatic rings. The zero-order valence-corrected chi connectivity index (χ0v) is 21.9. The molecule has 0 saturated carbocycles. The van der Waals surface area contributed by atoms with E-state index in [1.807, 2.05) is 25.1 Å². The number of hydrogen-bond donors (Lipinski definition) is 1. The van der Waals surface area contributed by atoms with Gasteiger partial charge in [-0.2, -0.15) is 5.26 Å². The van der Waals surface area contributed by atoms with E-state index in [-0.39, 0.29) is 18.0 Å². The third-order valence-corrected chi connectivity index (χ3v) is 7.24. The number of nitrogens with one attached hydrogen (secondary N) is 1. The summed E-state index contributed by atoms with van der Waals surface area (Å²) in [6.07, 6.45) is 1.99. The molecule has 4 rings (SSSR count). The van der Waals surface area contributed by atoms with Gasteiger partial charge in [0.05, 0.1) is 24.7 Å². The molecular formula is C29H29N3O4S. The lowest BCUT2D eigenvalue weighted by Gasteiger charge is -2.19. The van der Waals surface area contributed by atoms with Crippen LogP contribution in [0.2, 0.25) is 0 Å². The molecule has 0 aliphatic carbocycles. The summed E-state index contributed by atoms with van der Waals surface area (Å²) in [6.45, 7) is 6.83. The molecule has 37 heavy (non-hydrogen) atoms. The lowest BCUT2D eigenvalue weighted by atomic mass is 10.00. The predicted molar refractivity (Wildman–Crippen MR) is 144 cm³/mol. The number of thioether (sulfide) groups is 1. The van der Waals surface area contributed by atoms with E-state index in [1.165, 1.54) is 28.5 Å². The summed E-state index contributed by atoms with van der Waals surface area (Å²) in [5.41, 5.74) is 2.70. The average molecular weight is 516 g/mol. The second-order valence-corrected chi connectivity index (χ2v) is 10.1. The summed E-state index contributed by atoms with van der Waals surface area (Å²) in [5.74, 6) is 0.918. The number of carbonyl (C=O) groups excluding carboxylic acids is 2. The van der Waals surface area contributed by atoms with E-state index < -0.39 is 11.2 Å². The molecule has 7 nitrogen and oxygen atoms in total. The summed E-state index contributed by atoms with van der Waals surface area (Å²) < 4.78 is 10.8. The minimum atomic E-state index is -0.563. The van der Waals surface area contributed by atoms with E-state index in [4.69, 9.17) is 9.15 Å². The van der Waals surface area contributed by atoms with Crippen molar-refractivity contribution in [3.63, 3.8) is 0 Å². The third-order valence-electron chi connectivity index (χ3n) is 5.98. The third kappa shape index (κ3) is 6.07. The summed E-state index contributed by atoms with van der Waals surface area (Å²) in [7, 11) is 0. The molecule has 2 amide bonds. The van der Waals surface area contributed by atoms with Crippen LogP contribution in [0, 0.1) is 11.3 Å². The second kappa shape index (κ2) is 11.8. The molecule has 1 N–H and O–H groups in total. The SMILES string of the molecule is CCOc1ccc(N2C(=O)C(Cc3ccc(C(C)C)cc3)S/C2=C(/C#N)C(=O)NCc2ccco2)cc1. The van der Waals surface area contributed by atoms with E-state index in [1.54, 1.807) is 36.4 Å². The van der Waals surface area contributed by atoms with Crippen LogP contribution in [0.3, 0.4) is 0 Å². The average Bonchev–Trinajstić information content (AvgIpc) is 3.53. The Hall–Kier alpha value is -3.96. The van der Waals surface area contributed by atoms with Crippen molar-refractivity contribution < 1.29 is 18.7 Å². The Balaban J connectivity index is 1.65. The minimum absolute atomic E-state index is 0.114. The van der Waals surface area contributed by atoms with Gasteiger partial charge in [-0.15, -0.1) is 0 Å². The maximum absolute atomic E-state index is 13.7. The van der Waals surface area contributed by atoms with Crippen molar-refractivity contribution in [2.24, 2.45) is 0 Å². The first kappa shape index (κ1) is 26.1. The fraction of sp³-hybridized carbons (Fsp3) is 0.276. The number of hydrogen-bond acceptors (Lipinski definition) is 6. The van der Waals surface area contributed by atoms with E-state index in [0.29, 0.717) is 41.2 Å². The van der Waals surface area contributed by atoms with Crippen LogP contribution in [0.15, 0.2) is 81.9 Å². The molecule has 8 heteroatoms.